The number of nitrogens with zero attached hydrogens (tertiary/aromatic N) is 1. The van der Waals surface area contributed by atoms with Gasteiger partial charge in [-0.2, -0.15) is 0 Å². The van der Waals surface area contributed by atoms with Crippen LogP contribution in [0.2, 0.25) is 0 Å². The summed E-state index contributed by atoms with van der Waals surface area (Å²) in [5, 5.41) is 8.47. The van der Waals surface area contributed by atoms with Crippen LogP contribution in [0.4, 0.5) is 0 Å². The molecule has 0 heterocycles. The number of nitriles is 1. The zero-order valence-electron chi connectivity index (χ0n) is 5.39. The van der Waals surface area contributed by atoms with Crippen molar-refractivity contribution in [3.63, 3.8) is 0 Å². The number of hydrogen-bond donors (Lipinski definition) is 0. The molecule has 0 rings (SSSR count). The van der Waals surface area contributed by atoms with E-state index in [2.05, 4.69) is 5.81 Å². The van der Waals surface area contributed by atoms with Crippen LogP contribution in [0.1, 0.15) is 0 Å². The molecule has 0 bridgehead atoms. The second-order valence-corrected chi connectivity index (χ2v) is 11.0. The van der Waals surface area contributed by atoms with Crippen molar-refractivity contribution in [1.82, 2.24) is 0 Å². The van der Waals surface area contributed by atoms with E-state index in [1.807, 2.05) is 26.7 Å². The molecule has 0 radical (unpaired) electrons. The predicted molar refractivity (Wildman–Crippen MR) is 36.2 cm³/mol. The van der Waals surface area contributed by atoms with Gasteiger partial charge in [-0.25, -0.2) is 0 Å². The third kappa shape index (κ3) is 5.92. The minimum atomic E-state index is -1.77. The summed E-state index contributed by atoms with van der Waals surface area (Å²) in [7, 11) is 0. The van der Waals surface area contributed by atoms with Crippen molar-refractivity contribution in [3.8, 4) is 5.81 Å². The maximum absolute atomic E-state index is 8.47. The fourth-order valence-electron chi connectivity index (χ4n) is 0. The molecule has 0 saturated heterocycles. The van der Waals surface area contributed by atoms with Crippen LogP contribution in [0.3, 0.4) is 0 Å². The molecule has 7 heavy (non-hydrogen) atoms. The van der Waals surface area contributed by atoms with E-state index in [1.165, 1.54) is 0 Å². The molecule has 0 aromatic carbocycles. The van der Waals surface area contributed by atoms with Gasteiger partial charge in [0.25, 0.3) is 0 Å². The molecule has 0 unspecified atom stereocenters. The molecule has 0 atom stereocenters. The predicted octanol–water partition coefficient (Wildman–Crippen LogP) is 1.54. The third-order valence-electron chi connectivity index (χ3n) is 0.400. The van der Waals surface area contributed by atoms with Crippen molar-refractivity contribution in [2.24, 2.45) is 0 Å². The average Bonchev–Trinajstić information content (AvgIpc) is 1.32. The second kappa shape index (κ2) is 1.20. The summed E-state index contributed by atoms with van der Waals surface area (Å²) in [5.41, 5.74) is 0. The van der Waals surface area contributed by atoms with Crippen molar-refractivity contribution in [1.29, 1.82) is 5.26 Å². The van der Waals surface area contributed by atoms with Gasteiger partial charge in [-0.3, -0.25) is 0 Å². The summed E-state index contributed by atoms with van der Waals surface area (Å²) >= 11 is 0. The summed E-state index contributed by atoms with van der Waals surface area (Å²) in [6, 6.07) is 0. The van der Waals surface area contributed by atoms with E-state index in [9.17, 15) is 0 Å². The molecule has 0 amide bonds. The van der Waals surface area contributed by atoms with Crippen LogP contribution in [0.25, 0.3) is 0 Å². The van der Waals surface area contributed by atoms with E-state index in [-0.39, 0.29) is 0 Å². The molecule has 0 aromatic heterocycles. The number of hydrogen-bond acceptors (Lipinski definition) is 1. The van der Waals surface area contributed by atoms with E-state index in [0.717, 1.165) is 0 Å². The Balaban J connectivity index is 4.21. The summed E-state index contributed by atoms with van der Waals surface area (Å²) < 4.78 is 0. The molecule has 0 aliphatic heterocycles. The minimum absolute atomic E-state index is 1.77. The van der Waals surface area contributed by atoms with Crippen LogP contribution in [0.15, 0.2) is 0 Å². The van der Waals surface area contributed by atoms with Gasteiger partial charge in [-0.05, 0) is 0 Å². The van der Waals surface area contributed by atoms with Gasteiger partial charge in [0.2, 0.25) is 0 Å². The molecule has 0 spiro atoms. The van der Waals surface area contributed by atoms with E-state index in [4.69, 9.17) is 5.26 Å². The molecule has 1 nitrogen and oxygen atoms in total. The van der Waals surface area contributed by atoms with Gasteiger partial charge in [-0.15, -0.1) is 0 Å². The van der Waals surface area contributed by atoms with Crippen molar-refractivity contribution in [3.05, 3.63) is 0 Å². The molecular weight excluding hydrogens is 105 g/mol. The van der Waals surface area contributed by atoms with Gasteiger partial charge in [-0.1, -0.05) is 0 Å². The molecule has 0 saturated carbocycles. The zero-order chi connectivity index (χ0) is 6.15. The quantitative estimate of drug-likeness (QED) is 0.441. The van der Waals surface area contributed by atoms with Gasteiger partial charge in [0.05, 0.1) is 0 Å². The molecule has 42 valence electrons. The van der Waals surface area contributed by atoms with Crippen molar-refractivity contribution >= 4 is 6.60 Å². The van der Waals surface area contributed by atoms with Gasteiger partial charge in [0, 0.05) is 0 Å². The summed E-state index contributed by atoms with van der Waals surface area (Å²) in [4.78, 5) is 0. The standard InChI is InChI=1S/C5H12NP/c1-7(2,3,4)5-6/h1-4H3. The molecular formula is C5H12NP. The molecule has 0 aromatic rings. The topological polar surface area (TPSA) is 23.8 Å². The Morgan fingerprint density at radius 1 is 1.14 bits per heavy atom. The third-order valence-corrected chi connectivity index (χ3v) is 1.20. The Hall–Kier alpha value is -0.0800. The summed E-state index contributed by atoms with van der Waals surface area (Å²) in [5.74, 6) is 2.31. The molecule has 0 fully saturated rings. The monoisotopic (exact) mass is 117 g/mol. The first kappa shape index (κ1) is 6.92. The van der Waals surface area contributed by atoms with E-state index in [1.54, 1.807) is 0 Å². The zero-order valence-corrected chi connectivity index (χ0v) is 6.29. The molecule has 0 aliphatic carbocycles. The fraction of sp³-hybridized carbons (Fsp3) is 0.800. The first-order valence-corrected chi connectivity index (χ1v) is 6.26. The second-order valence-electron chi connectivity index (χ2n) is 3.68. The Labute approximate surface area is 45.3 Å². The molecule has 2 heteroatoms. The van der Waals surface area contributed by atoms with Crippen LogP contribution in [0.5, 0.6) is 0 Å². The molecule has 0 N–H and O–H groups in total. The Morgan fingerprint density at radius 3 is 1.29 bits per heavy atom. The van der Waals surface area contributed by atoms with Crippen LogP contribution < -0.4 is 0 Å². The fourth-order valence-corrected chi connectivity index (χ4v) is 0. The van der Waals surface area contributed by atoms with Crippen molar-refractivity contribution in [2.75, 3.05) is 26.7 Å². The first-order chi connectivity index (χ1) is 2.81. The SMILES string of the molecule is CP(C)(C)(C)C#N. The Kier molecular flexibility index (Phi) is 1.19. The van der Waals surface area contributed by atoms with E-state index >= 15 is 0 Å². The van der Waals surface area contributed by atoms with E-state index in [0.29, 0.717) is 0 Å². The van der Waals surface area contributed by atoms with Gasteiger partial charge >= 0.3 is 44.3 Å². The van der Waals surface area contributed by atoms with Crippen molar-refractivity contribution in [2.45, 2.75) is 0 Å². The number of rotatable bonds is 0. The van der Waals surface area contributed by atoms with Gasteiger partial charge in [0.15, 0.2) is 0 Å². The van der Waals surface area contributed by atoms with Crippen LogP contribution >= 0.6 is 6.60 Å². The van der Waals surface area contributed by atoms with Crippen LogP contribution in [0, 0.1) is 11.1 Å². The summed E-state index contributed by atoms with van der Waals surface area (Å²) in [6.45, 7) is 6.36. The normalized spacial score (nSPS) is 16.7. The van der Waals surface area contributed by atoms with Gasteiger partial charge < -0.3 is 0 Å². The first-order valence-electron chi connectivity index (χ1n) is 2.24. The van der Waals surface area contributed by atoms with Crippen LogP contribution in [-0.4, -0.2) is 26.7 Å². The van der Waals surface area contributed by atoms with Gasteiger partial charge in [0.1, 0.15) is 0 Å². The summed E-state index contributed by atoms with van der Waals surface area (Å²) in [6.07, 6.45) is 0. The average molecular weight is 117 g/mol. The maximum atomic E-state index is 8.47. The molecule has 0 aliphatic rings. The van der Waals surface area contributed by atoms with E-state index < -0.39 is 6.60 Å². The Morgan fingerprint density at radius 2 is 1.29 bits per heavy atom. The Bertz CT molecular complexity index is 103. The van der Waals surface area contributed by atoms with Crippen LogP contribution in [-0.2, 0) is 0 Å². The van der Waals surface area contributed by atoms with Crippen molar-refractivity contribution < 1.29 is 0 Å².